The highest BCUT2D eigenvalue weighted by atomic mass is 16.5. The van der Waals surface area contributed by atoms with Gasteiger partial charge in [-0.1, -0.05) is 13.0 Å². The van der Waals surface area contributed by atoms with Gasteiger partial charge in [-0.2, -0.15) is 0 Å². The van der Waals surface area contributed by atoms with Gasteiger partial charge in [-0.25, -0.2) is 9.98 Å². The first-order chi connectivity index (χ1) is 12.7. The van der Waals surface area contributed by atoms with E-state index in [2.05, 4.69) is 46.3 Å². The van der Waals surface area contributed by atoms with Crippen LogP contribution in [0.1, 0.15) is 32.8 Å². The minimum atomic E-state index is 0.444. The van der Waals surface area contributed by atoms with E-state index < -0.39 is 0 Å². The van der Waals surface area contributed by atoms with Gasteiger partial charge in [0.2, 0.25) is 5.88 Å². The van der Waals surface area contributed by atoms with Crippen LogP contribution in [0.4, 0.5) is 0 Å². The van der Waals surface area contributed by atoms with Crippen molar-refractivity contribution in [3.05, 3.63) is 23.9 Å². The first-order valence-corrected chi connectivity index (χ1v) is 9.64. The molecule has 1 saturated heterocycles. The summed E-state index contributed by atoms with van der Waals surface area (Å²) in [6, 6.07) is 4.36. The Morgan fingerprint density at radius 3 is 2.77 bits per heavy atom. The molecule has 26 heavy (non-hydrogen) atoms. The van der Waals surface area contributed by atoms with E-state index in [-0.39, 0.29) is 0 Å². The summed E-state index contributed by atoms with van der Waals surface area (Å²) in [6.45, 7) is 13.0. The number of morpholine rings is 1. The molecule has 146 valence electrons. The number of ether oxygens (including phenoxy) is 2. The van der Waals surface area contributed by atoms with Crippen molar-refractivity contribution in [2.75, 3.05) is 46.0 Å². The Bertz CT molecular complexity index is 529. The Morgan fingerprint density at radius 2 is 2.12 bits per heavy atom. The highest BCUT2D eigenvalue weighted by Gasteiger charge is 2.16. The summed E-state index contributed by atoms with van der Waals surface area (Å²) in [5, 5.41) is 6.74. The molecule has 2 heterocycles. The summed E-state index contributed by atoms with van der Waals surface area (Å²) in [5.74, 6) is 1.50. The van der Waals surface area contributed by atoms with E-state index in [4.69, 9.17) is 9.47 Å². The van der Waals surface area contributed by atoms with E-state index in [9.17, 15) is 0 Å². The second-order valence-corrected chi connectivity index (χ2v) is 6.43. The van der Waals surface area contributed by atoms with Crippen LogP contribution < -0.4 is 15.4 Å². The smallest absolute Gasteiger partial charge is 0.213 e. The second kappa shape index (κ2) is 11.7. The van der Waals surface area contributed by atoms with Crippen molar-refractivity contribution in [3.63, 3.8) is 0 Å². The van der Waals surface area contributed by atoms with Crippen LogP contribution >= 0.6 is 0 Å². The quantitative estimate of drug-likeness (QED) is 0.513. The van der Waals surface area contributed by atoms with Gasteiger partial charge in [0.25, 0.3) is 0 Å². The largest absolute Gasteiger partial charge is 0.478 e. The molecule has 1 aromatic rings. The predicted molar refractivity (Wildman–Crippen MR) is 105 cm³/mol. The zero-order valence-corrected chi connectivity index (χ0v) is 16.3. The van der Waals surface area contributed by atoms with Gasteiger partial charge in [0.15, 0.2) is 5.96 Å². The highest BCUT2D eigenvalue weighted by Crippen LogP contribution is 2.09. The summed E-state index contributed by atoms with van der Waals surface area (Å²) in [6.07, 6.45) is 2.81. The van der Waals surface area contributed by atoms with Crippen LogP contribution in [-0.2, 0) is 11.3 Å². The first kappa shape index (κ1) is 20.5. The van der Waals surface area contributed by atoms with Crippen molar-refractivity contribution < 1.29 is 9.47 Å². The summed E-state index contributed by atoms with van der Waals surface area (Å²) in [7, 11) is 0. The molecular weight excluding hydrogens is 330 g/mol. The lowest BCUT2D eigenvalue weighted by atomic mass is 10.2. The normalized spacial score (nSPS) is 17.0. The molecule has 0 radical (unpaired) electrons. The number of aliphatic imine (C=N–C) groups is 1. The average Bonchev–Trinajstić information content (AvgIpc) is 2.69. The molecule has 2 N–H and O–H groups in total. The number of hydrogen-bond donors (Lipinski definition) is 2. The number of aromatic nitrogens is 1. The van der Waals surface area contributed by atoms with Crippen molar-refractivity contribution in [3.8, 4) is 5.88 Å². The monoisotopic (exact) mass is 363 g/mol. The van der Waals surface area contributed by atoms with Gasteiger partial charge in [0, 0.05) is 44.5 Å². The summed E-state index contributed by atoms with van der Waals surface area (Å²) < 4.78 is 10.9. The summed E-state index contributed by atoms with van der Waals surface area (Å²) in [5.41, 5.74) is 1.06. The topological polar surface area (TPSA) is 71.0 Å². The van der Waals surface area contributed by atoms with Gasteiger partial charge >= 0.3 is 0 Å². The number of nitrogens with one attached hydrogen (secondary N) is 2. The third-order valence-electron chi connectivity index (χ3n) is 4.25. The lowest BCUT2D eigenvalue weighted by Crippen LogP contribution is -2.49. The lowest BCUT2D eigenvalue weighted by Gasteiger charge is -2.32. The van der Waals surface area contributed by atoms with Crippen LogP contribution in [-0.4, -0.2) is 67.9 Å². The fourth-order valence-corrected chi connectivity index (χ4v) is 2.70. The van der Waals surface area contributed by atoms with Gasteiger partial charge in [-0.3, -0.25) is 4.90 Å². The minimum absolute atomic E-state index is 0.444. The van der Waals surface area contributed by atoms with Gasteiger partial charge < -0.3 is 20.1 Å². The molecule has 1 unspecified atom stereocenters. The van der Waals surface area contributed by atoms with Crippen LogP contribution in [0.3, 0.4) is 0 Å². The first-order valence-electron chi connectivity index (χ1n) is 9.64. The summed E-state index contributed by atoms with van der Waals surface area (Å²) >= 11 is 0. The maximum Gasteiger partial charge on any atom is 0.213 e. The van der Waals surface area contributed by atoms with Crippen LogP contribution in [0.25, 0.3) is 0 Å². The predicted octanol–water partition coefficient (Wildman–Crippen LogP) is 1.65. The van der Waals surface area contributed by atoms with Crippen molar-refractivity contribution in [2.24, 2.45) is 4.99 Å². The van der Waals surface area contributed by atoms with Crippen LogP contribution in [0, 0.1) is 0 Å². The maximum atomic E-state index is 5.51. The zero-order chi connectivity index (χ0) is 18.6. The average molecular weight is 364 g/mol. The van der Waals surface area contributed by atoms with Gasteiger partial charge in [-0.05, 0) is 25.8 Å². The van der Waals surface area contributed by atoms with Crippen molar-refractivity contribution in [1.82, 2.24) is 20.5 Å². The molecule has 0 saturated carbocycles. The fourth-order valence-electron chi connectivity index (χ4n) is 2.70. The molecule has 7 nitrogen and oxygen atoms in total. The van der Waals surface area contributed by atoms with Gasteiger partial charge in [0.05, 0.1) is 26.4 Å². The van der Waals surface area contributed by atoms with Crippen molar-refractivity contribution >= 4 is 5.96 Å². The summed E-state index contributed by atoms with van der Waals surface area (Å²) in [4.78, 5) is 11.4. The third kappa shape index (κ3) is 7.17. The Balaban J connectivity index is 1.83. The Hall–Kier alpha value is -1.86. The molecule has 0 aliphatic carbocycles. The molecule has 1 atom stereocenters. The molecule has 2 rings (SSSR count). The molecule has 7 heteroatoms. The SMILES string of the molecule is CCCOc1ccc(CN=C(NCC)NCC(C)N2CCOCC2)cn1. The molecule has 1 aromatic heterocycles. The standard InChI is InChI=1S/C19H33N5O2/c1-4-10-26-18-7-6-17(14-21-18)15-23-19(20-5-2)22-13-16(3)24-8-11-25-12-9-24/h6-7,14,16H,4-5,8-13,15H2,1-3H3,(H2,20,22,23). The van der Waals surface area contributed by atoms with Gasteiger partial charge in [-0.15, -0.1) is 0 Å². The number of hydrogen-bond acceptors (Lipinski definition) is 5. The zero-order valence-electron chi connectivity index (χ0n) is 16.3. The molecule has 0 amide bonds. The van der Waals surface area contributed by atoms with Crippen LogP contribution in [0.5, 0.6) is 5.88 Å². The lowest BCUT2D eigenvalue weighted by molar-refractivity contribution is 0.0211. The highest BCUT2D eigenvalue weighted by molar-refractivity contribution is 5.79. The molecule has 1 fully saturated rings. The fraction of sp³-hybridized carbons (Fsp3) is 0.684. The van der Waals surface area contributed by atoms with E-state index in [0.29, 0.717) is 25.1 Å². The van der Waals surface area contributed by atoms with Gasteiger partial charge in [0.1, 0.15) is 0 Å². The van der Waals surface area contributed by atoms with E-state index in [1.165, 1.54) is 0 Å². The number of pyridine rings is 1. The molecule has 0 spiro atoms. The van der Waals surface area contributed by atoms with Crippen molar-refractivity contribution in [1.29, 1.82) is 0 Å². The maximum absolute atomic E-state index is 5.51. The second-order valence-electron chi connectivity index (χ2n) is 6.43. The third-order valence-corrected chi connectivity index (χ3v) is 4.25. The van der Waals surface area contributed by atoms with E-state index in [1.54, 1.807) is 0 Å². The Kier molecular flexibility index (Phi) is 9.20. The van der Waals surface area contributed by atoms with E-state index >= 15 is 0 Å². The van der Waals surface area contributed by atoms with Crippen molar-refractivity contribution in [2.45, 2.75) is 39.8 Å². The van der Waals surface area contributed by atoms with E-state index in [0.717, 1.165) is 57.3 Å². The number of rotatable bonds is 9. The number of guanidine groups is 1. The van der Waals surface area contributed by atoms with E-state index in [1.807, 2.05) is 18.3 Å². The minimum Gasteiger partial charge on any atom is -0.478 e. The molecular formula is C19H33N5O2. The molecule has 1 aliphatic rings. The van der Waals surface area contributed by atoms with Crippen LogP contribution in [0.15, 0.2) is 23.3 Å². The molecule has 1 aliphatic heterocycles. The Morgan fingerprint density at radius 1 is 1.31 bits per heavy atom. The Labute approximate surface area is 157 Å². The molecule has 0 bridgehead atoms. The van der Waals surface area contributed by atoms with Crippen LogP contribution in [0.2, 0.25) is 0 Å². The molecule has 0 aromatic carbocycles. The number of nitrogens with zero attached hydrogens (tertiary/aromatic N) is 3.